The molecule has 0 aromatic heterocycles. The van der Waals surface area contributed by atoms with Gasteiger partial charge in [0.1, 0.15) is 12.4 Å². The molecule has 0 saturated heterocycles. The van der Waals surface area contributed by atoms with E-state index in [2.05, 4.69) is 43.4 Å². The Bertz CT molecular complexity index is 510. The van der Waals surface area contributed by atoms with Crippen LogP contribution < -0.4 is 10.1 Å². The number of nitrogens with one attached hydrogen (secondary N) is 1. The fraction of sp³-hybridized carbons (Fsp3) is 0.333. The predicted molar refractivity (Wildman–Crippen MR) is 84.2 cm³/mol. The molecule has 0 fully saturated rings. The fourth-order valence-electron chi connectivity index (χ4n) is 2.25. The number of aryl methyl sites for hydroxylation is 1. The third-order valence-electron chi connectivity index (χ3n) is 3.36. The summed E-state index contributed by atoms with van der Waals surface area (Å²) in [5.41, 5.74) is 2.62. The van der Waals surface area contributed by atoms with Crippen molar-refractivity contribution in [3.8, 4) is 5.75 Å². The lowest BCUT2D eigenvalue weighted by molar-refractivity contribution is 0.266. The lowest BCUT2D eigenvalue weighted by atomic mass is 10.0. The maximum atomic E-state index is 5.91. The molecule has 0 heterocycles. The molecular weight excluding hydrogens is 246 g/mol. The number of ether oxygens (including phenoxy) is 1. The molecule has 2 aromatic carbocycles. The van der Waals surface area contributed by atoms with Crippen LogP contribution in [0.2, 0.25) is 0 Å². The average Bonchev–Trinajstić information content (AvgIpc) is 2.49. The van der Waals surface area contributed by atoms with Gasteiger partial charge in [-0.05, 0) is 43.1 Å². The molecule has 2 rings (SSSR count). The van der Waals surface area contributed by atoms with Crippen LogP contribution in [0.4, 0.5) is 0 Å². The number of hydrogen-bond acceptors (Lipinski definition) is 2. The van der Waals surface area contributed by atoms with Gasteiger partial charge in [-0.3, -0.25) is 0 Å². The number of hydrogen-bond donors (Lipinski definition) is 1. The van der Waals surface area contributed by atoms with E-state index in [-0.39, 0.29) is 6.04 Å². The van der Waals surface area contributed by atoms with Crippen molar-refractivity contribution in [1.82, 2.24) is 5.32 Å². The summed E-state index contributed by atoms with van der Waals surface area (Å²) in [7, 11) is 0. The molecule has 0 aliphatic carbocycles. The maximum Gasteiger partial charge on any atom is 0.119 e. The van der Waals surface area contributed by atoms with Gasteiger partial charge in [-0.15, -0.1) is 0 Å². The van der Waals surface area contributed by atoms with Gasteiger partial charge in [-0.2, -0.15) is 0 Å². The molecule has 106 valence electrons. The van der Waals surface area contributed by atoms with Gasteiger partial charge in [0.25, 0.3) is 0 Å². The molecule has 0 aliphatic heterocycles. The summed E-state index contributed by atoms with van der Waals surface area (Å²) in [4.78, 5) is 0. The highest BCUT2D eigenvalue weighted by molar-refractivity contribution is 5.29. The van der Waals surface area contributed by atoms with Crippen molar-refractivity contribution in [3.05, 3.63) is 65.7 Å². The highest BCUT2D eigenvalue weighted by Crippen LogP contribution is 2.19. The Kier molecular flexibility index (Phi) is 5.63. The zero-order chi connectivity index (χ0) is 14.2. The molecule has 20 heavy (non-hydrogen) atoms. The molecule has 1 N–H and O–H groups in total. The van der Waals surface area contributed by atoms with Gasteiger partial charge in [0.2, 0.25) is 0 Å². The summed E-state index contributed by atoms with van der Waals surface area (Å²) >= 11 is 0. The number of rotatable bonds is 7. The Balaban J connectivity index is 2.06. The minimum Gasteiger partial charge on any atom is -0.492 e. The Morgan fingerprint density at radius 3 is 2.40 bits per heavy atom. The molecule has 0 aliphatic rings. The first kappa shape index (κ1) is 14.6. The molecule has 1 atom stereocenters. The van der Waals surface area contributed by atoms with Gasteiger partial charge in [-0.25, -0.2) is 0 Å². The second-order valence-corrected chi connectivity index (χ2v) is 4.99. The van der Waals surface area contributed by atoms with Crippen LogP contribution in [0.3, 0.4) is 0 Å². The molecule has 0 radical (unpaired) electrons. The maximum absolute atomic E-state index is 5.91. The summed E-state index contributed by atoms with van der Waals surface area (Å²) in [6, 6.07) is 18.7. The zero-order valence-electron chi connectivity index (χ0n) is 12.3. The van der Waals surface area contributed by atoms with Crippen molar-refractivity contribution < 1.29 is 4.74 Å². The molecule has 1 unspecified atom stereocenters. The minimum absolute atomic E-state index is 0.233. The van der Waals surface area contributed by atoms with Crippen molar-refractivity contribution in [3.63, 3.8) is 0 Å². The van der Waals surface area contributed by atoms with E-state index < -0.39 is 0 Å². The SMILES string of the molecule is CCCNC(COc1ccccc1)c1ccccc1C. The van der Waals surface area contributed by atoms with Crippen molar-refractivity contribution in [2.45, 2.75) is 26.3 Å². The van der Waals surface area contributed by atoms with E-state index in [0.29, 0.717) is 6.61 Å². The summed E-state index contributed by atoms with van der Waals surface area (Å²) in [5, 5.41) is 3.57. The van der Waals surface area contributed by atoms with Crippen LogP contribution in [0.25, 0.3) is 0 Å². The van der Waals surface area contributed by atoms with E-state index in [4.69, 9.17) is 4.74 Å². The molecule has 0 saturated carbocycles. The van der Waals surface area contributed by atoms with Crippen molar-refractivity contribution >= 4 is 0 Å². The third-order valence-corrected chi connectivity index (χ3v) is 3.36. The molecule has 0 bridgehead atoms. The molecule has 0 spiro atoms. The zero-order valence-corrected chi connectivity index (χ0v) is 12.3. The topological polar surface area (TPSA) is 21.3 Å². The van der Waals surface area contributed by atoms with Crippen LogP contribution in [0.5, 0.6) is 5.75 Å². The van der Waals surface area contributed by atoms with Crippen LogP contribution in [-0.4, -0.2) is 13.2 Å². The number of para-hydroxylation sites is 1. The van der Waals surface area contributed by atoms with Crippen molar-refractivity contribution in [2.75, 3.05) is 13.2 Å². The van der Waals surface area contributed by atoms with Crippen molar-refractivity contribution in [2.24, 2.45) is 0 Å². The first-order valence-electron chi connectivity index (χ1n) is 7.28. The van der Waals surface area contributed by atoms with Gasteiger partial charge in [-0.1, -0.05) is 49.4 Å². The second-order valence-electron chi connectivity index (χ2n) is 4.99. The second kappa shape index (κ2) is 7.71. The summed E-state index contributed by atoms with van der Waals surface area (Å²) in [6.07, 6.45) is 1.12. The quantitative estimate of drug-likeness (QED) is 0.816. The standard InChI is InChI=1S/C18H23NO/c1-3-13-19-18(17-12-8-7-9-15(17)2)14-20-16-10-5-4-6-11-16/h4-12,18-19H,3,13-14H2,1-2H3. The largest absolute Gasteiger partial charge is 0.492 e. The molecule has 0 amide bonds. The van der Waals surface area contributed by atoms with Crippen LogP contribution in [0.15, 0.2) is 54.6 Å². The number of benzene rings is 2. The Hall–Kier alpha value is -1.80. The van der Waals surface area contributed by atoms with Gasteiger partial charge in [0.15, 0.2) is 0 Å². The lowest BCUT2D eigenvalue weighted by Gasteiger charge is -2.21. The molecule has 2 aromatic rings. The average molecular weight is 269 g/mol. The van der Waals surface area contributed by atoms with Crippen LogP contribution in [0.1, 0.15) is 30.5 Å². The smallest absolute Gasteiger partial charge is 0.119 e. The molecular formula is C18H23NO. The van der Waals surface area contributed by atoms with E-state index in [1.807, 2.05) is 30.3 Å². The highest BCUT2D eigenvalue weighted by Gasteiger charge is 2.13. The van der Waals surface area contributed by atoms with E-state index in [9.17, 15) is 0 Å². The van der Waals surface area contributed by atoms with Crippen LogP contribution in [0, 0.1) is 6.92 Å². The Morgan fingerprint density at radius 1 is 1.00 bits per heavy atom. The van der Waals surface area contributed by atoms with Gasteiger partial charge in [0.05, 0.1) is 6.04 Å². The van der Waals surface area contributed by atoms with Gasteiger partial charge < -0.3 is 10.1 Å². The minimum atomic E-state index is 0.233. The van der Waals surface area contributed by atoms with Crippen LogP contribution in [-0.2, 0) is 0 Å². The highest BCUT2D eigenvalue weighted by atomic mass is 16.5. The molecule has 2 nitrogen and oxygen atoms in total. The van der Waals surface area contributed by atoms with E-state index in [0.717, 1.165) is 18.7 Å². The monoisotopic (exact) mass is 269 g/mol. The van der Waals surface area contributed by atoms with Crippen LogP contribution >= 0.6 is 0 Å². The first-order valence-corrected chi connectivity index (χ1v) is 7.28. The third kappa shape index (κ3) is 4.10. The van der Waals surface area contributed by atoms with E-state index in [1.54, 1.807) is 0 Å². The fourth-order valence-corrected chi connectivity index (χ4v) is 2.25. The van der Waals surface area contributed by atoms with E-state index >= 15 is 0 Å². The normalized spacial score (nSPS) is 12.1. The Morgan fingerprint density at radius 2 is 1.70 bits per heavy atom. The van der Waals surface area contributed by atoms with Gasteiger partial charge in [0, 0.05) is 0 Å². The van der Waals surface area contributed by atoms with E-state index in [1.165, 1.54) is 11.1 Å². The summed E-state index contributed by atoms with van der Waals surface area (Å²) in [5.74, 6) is 0.921. The molecule has 2 heteroatoms. The first-order chi connectivity index (χ1) is 9.81. The Labute approximate surface area is 121 Å². The summed E-state index contributed by atoms with van der Waals surface area (Å²) in [6.45, 7) is 5.98. The predicted octanol–water partition coefficient (Wildman–Crippen LogP) is 4.11. The summed E-state index contributed by atoms with van der Waals surface area (Å²) < 4.78 is 5.91. The lowest BCUT2D eigenvalue weighted by Crippen LogP contribution is -2.28. The van der Waals surface area contributed by atoms with Gasteiger partial charge >= 0.3 is 0 Å². The van der Waals surface area contributed by atoms with Crippen molar-refractivity contribution in [1.29, 1.82) is 0 Å².